The first-order valence-corrected chi connectivity index (χ1v) is 5.50. The normalized spacial score (nSPS) is 10.2. The summed E-state index contributed by atoms with van der Waals surface area (Å²) in [5.41, 5.74) is 1.22. The zero-order valence-electron chi connectivity index (χ0n) is 10.1. The third-order valence-electron chi connectivity index (χ3n) is 2.67. The largest absolute Gasteiger partial charge is 0.493 e. The van der Waals surface area contributed by atoms with Crippen LogP contribution in [-0.4, -0.2) is 23.8 Å². The standard InChI is InChI=1S/C13H16N2O2/c1-16-12-4-3-11(9-13(12)17-2)5-7-15-8-6-14-10-15/h3-4,6,8-10H,5,7H2,1-2H3. The van der Waals surface area contributed by atoms with E-state index in [1.165, 1.54) is 5.56 Å². The van der Waals surface area contributed by atoms with Gasteiger partial charge in [0, 0.05) is 18.9 Å². The van der Waals surface area contributed by atoms with Crippen molar-refractivity contribution in [1.82, 2.24) is 9.55 Å². The van der Waals surface area contributed by atoms with Crippen LogP contribution in [0.2, 0.25) is 0 Å². The van der Waals surface area contributed by atoms with Crippen LogP contribution in [0, 0.1) is 0 Å². The van der Waals surface area contributed by atoms with Crippen LogP contribution >= 0.6 is 0 Å². The van der Waals surface area contributed by atoms with Crippen LogP contribution in [0.25, 0.3) is 0 Å². The number of imidazole rings is 1. The van der Waals surface area contributed by atoms with Gasteiger partial charge in [-0.1, -0.05) is 6.07 Å². The summed E-state index contributed by atoms with van der Waals surface area (Å²) in [6.07, 6.45) is 6.51. The van der Waals surface area contributed by atoms with Crippen LogP contribution in [0.1, 0.15) is 5.56 Å². The van der Waals surface area contributed by atoms with E-state index < -0.39 is 0 Å². The van der Waals surface area contributed by atoms with Gasteiger partial charge in [0.2, 0.25) is 0 Å². The lowest BCUT2D eigenvalue weighted by atomic mass is 10.1. The lowest BCUT2D eigenvalue weighted by molar-refractivity contribution is 0.354. The maximum atomic E-state index is 5.27. The highest BCUT2D eigenvalue weighted by Gasteiger charge is 2.04. The Morgan fingerprint density at radius 2 is 2.00 bits per heavy atom. The zero-order valence-corrected chi connectivity index (χ0v) is 10.1. The third-order valence-corrected chi connectivity index (χ3v) is 2.67. The molecule has 4 nitrogen and oxygen atoms in total. The molecule has 2 aromatic rings. The molecule has 1 aromatic heterocycles. The summed E-state index contributed by atoms with van der Waals surface area (Å²) >= 11 is 0. The topological polar surface area (TPSA) is 36.3 Å². The summed E-state index contributed by atoms with van der Waals surface area (Å²) < 4.78 is 12.5. The van der Waals surface area contributed by atoms with Crippen LogP contribution in [0.5, 0.6) is 11.5 Å². The molecule has 90 valence electrons. The minimum absolute atomic E-state index is 0.763. The van der Waals surface area contributed by atoms with Gasteiger partial charge >= 0.3 is 0 Å². The molecule has 0 spiro atoms. The van der Waals surface area contributed by atoms with Crippen molar-refractivity contribution < 1.29 is 9.47 Å². The van der Waals surface area contributed by atoms with Gasteiger partial charge in [0.15, 0.2) is 11.5 Å². The molecular weight excluding hydrogens is 216 g/mol. The molecule has 0 saturated heterocycles. The van der Waals surface area contributed by atoms with E-state index in [4.69, 9.17) is 9.47 Å². The molecular formula is C13H16N2O2. The Hall–Kier alpha value is -1.97. The highest BCUT2D eigenvalue weighted by atomic mass is 16.5. The van der Waals surface area contributed by atoms with E-state index in [1.54, 1.807) is 20.4 Å². The number of rotatable bonds is 5. The van der Waals surface area contributed by atoms with Gasteiger partial charge in [-0.2, -0.15) is 0 Å². The monoisotopic (exact) mass is 232 g/mol. The summed E-state index contributed by atoms with van der Waals surface area (Å²) in [6, 6.07) is 6.00. The SMILES string of the molecule is COc1ccc(CCn2ccnc2)cc1OC. The van der Waals surface area contributed by atoms with Crippen LogP contribution in [0.15, 0.2) is 36.9 Å². The molecule has 0 radical (unpaired) electrons. The van der Waals surface area contributed by atoms with Crippen molar-refractivity contribution in [3.8, 4) is 11.5 Å². The van der Waals surface area contributed by atoms with Gasteiger partial charge in [0.05, 0.1) is 20.5 Å². The number of methoxy groups -OCH3 is 2. The molecule has 0 fully saturated rings. The first-order chi connectivity index (χ1) is 8.33. The quantitative estimate of drug-likeness (QED) is 0.792. The predicted octanol–water partition coefficient (Wildman–Crippen LogP) is 2.14. The lowest BCUT2D eigenvalue weighted by Gasteiger charge is -2.09. The molecule has 1 aromatic carbocycles. The summed E-state index contributed by atoms with van der Waals surface area (Å²) in [6.45, 7) is 0.912. The number of nitrogens with zero attached hydrogens (tertiary/aromatic N) is 2. The number of hydrogen-bond donors (Lipinski definition) is 0. The minimum Gasteiger partial charge on any atom is -0.493 e. The molecule has 0 bridgehead atoms. The van der Waals surface area contributed by atoms with Crippen LogP contribution in [0.3, 0.4) is 0 Å². The molecule has 2 rings (SSSR count). The van der Waals surface area contributed by atoms with E-state index in [0.29, 0.717) is 0 Å². The van der Waals surface area contributed by atoms with Gasteiger partial charge in [-0.3, -0.25) is 0 Å². The summed E-state index contributed by atoms with van der Waals surface area (Å²) in [4.78, 5) is 4.01. The molecule has 0 atom stereocenters. The van der Waals surface area contributed by atoms with Gasteiger partial charge < -0.3 is 14.0 Å². The van der Waals surface area contributed by atoms with E-state index in [1.807, 2.05) is 24.7 Å². The van der Waals surface area contributed by atoms with Crippen molar-refractivity contribution in [2.75, 3.05) is 14.2 Å². The molecule has 0 amide bonds. The Labute approximate surface area is 101 Å². The fraction of sp³-hybridized carbons (Fsp3) is 0.308. The van der Waals surface area contributed by atoms with Gasteiger partial charge in [-0.25, -0.2) is 4.98 Å². The molecule has 0 N–H and O–H groups in total. The Kier molecular flexibility index (Phi) is 3.65. The minimum atomic E-state index is 0.763. The van der Waals surface area contributed by atoms with Crippen molar-refractivity contribution in [3.05, 3.63) is 42.5 Å². The summed E-state index contributed by atoms with van der Waals surface area (Å²) in [5, 5.41) is 0. The molecule has 17 heavy (non-hydrogen) atoms. The van der Waals surface area contributed by atoms with E-state index in [9.17, 15) is 0 Å². The second kappa shape index (κ2) is 5.39. The zero-order chi connectivity index (χ0) is 12.1. The molecule has 0 aliphatic rings. The van der Waals surface area contributed by atoms with Gasteiger partial charge in [-0.15, -0.1) is 0 Å². The van der Waals surface area contributed by atoms with E-state index in [0.717, 1.165) is 24.5 Å². The Morgan fingerprint density at radius 3 is 2.65 bits per heavy atom. The summed E-state index contributed by atoms with van der Waals surface area (Å²) in [7, 11) is 3.29. The van der Waals surface area contributed by atoms with Crippen molar-refractivity contribution in [2.24, 2.45) is 0 Å². The van der Waals surface area contributed by atoms with Crippen LogP contribution in [-0.2, 0) is 13.0 Å². The van der Waals surface area contributed by atoms with Crippen LogP contribution in [0.4, 0.5) is 0 Å². The number of hydrogen-bond acceptors (Lipinski definition) is 3. The Morgan fingerprint density at radius 1 is 1.18 bits per heavy atom. The molecule has 0 unspecified atom stereocenters. The smallest absolute Gasteiger partial charge is 0.160 e. The van der Waals surface area contributed by atoms with Gasteiger partial charge in [0.1, 0.15) is 0 Å². The molecule has 0 aliphatic carbocycles. The molecule has 0 saturated carbocycles. The predicted molar refractivity (Wildman–Crippen MR) is 65.5 cm³/mol. The average Bonchev–Trinajstić information content (AvgIpc) is 2.89. The second-order valence-corrected chi connectivity index (χ2v) is 3.74. The molecule has 4 heteroatoms. The second-order valence-electron chi connectivity index (χ2n) is 3.74. The van der Waals surface area contributed by atoms with Crippen molar-refractivity contribution >= 4 is 0 Å². The maximum absolute atomic E-state index is 5.27. The number of aromatic nitrogens is 2. The van der Waals surface area contributed by atoms with Crippen molar-refractivity contribution in [2.45, 2.75) is 13.0 Å². The first-order valence-electron chi connectivity index (χ1n) is 5.50. The maximum Gasteiger partial charge on any atom is 0.160 e. The Bertz CT molecular complexity index is 466. The number of ether oxygens (including phenoxy) is 2. The van der Waals surface area contributed by atoms with Crippen LogP contribution < -0.4 is 9.47 Å². The van der Waals surface area contributed by atoms with Gasteiger partial charge in [-0.05, 0) is 24.1 Å². The van der Waals surface area contributed by atoms with Crippen molar-refractivity contribution in [3.63, 3.8) is 0 Å². The van der Waals surface area contributed by atoms with E-state index in [-0.39, 0.29) is 0 Å². The fourth-order valence-electron chi connectivity index (χ4n) is 1.71. The lowest BCUT2D eigenvalue weighted by Crippen LogP contribution is -1.99. The average molecular weight is 232 g/mol. The van der Waals surface area contributed by atoms with Gasteiger partial charge in [0.25, 0.3) is 0 Å². The number of aryl methyl sites for hydroxylation is 2. The van der Waals surface area contributed by atoms with Crippen molar-refractivity contribution in [1.29, 1.82) is 0 Å². The first kappa shape index (κ1) is 11.5. The third kappa shape index (κ3) is 2.78. The molecule has 0 aliphatic heterocycles. The highest BCUT2D eigenvalue weighted by Crippen LogP contribution is 2.27. The summed E-state index contributed by atoms with van der Waals surface area (Å²) in [5.74, 6) is 1.54. The van der Waals surface area contributed by atoms with E-state index in [2.05, 4.69) is 15.6 Å². The Balaban J connectivity index is 2.06. The highest BCUT2D eigenvalue weighted by molar-refractivity contribution is 5.42. The number of benzene rings is 1. The van der Waals surface area contributed by atoms with E-state index >= 15 is 0 Å². The molecule has 1 heterocycles. The fourth-order valence-corrected chi connectivity index (χ4v) is 1.71.